The van der Waals surface area contributed by atoms with Crippen LogP contribution in [0.3, 0.4) is 0 Å². The molecule has 2 fully saturated rings. The molecule has 6 atom stereocenters. The molecule has 1 aromatic carbocycles. The molecular weight excluding hydrogens is 356 g/mol. The third-order valence-corrected chi connectivity index (χ3v) is 7.93. The minimum atomic E-state index is -1.25. The van der Waals surface area contributed by atoms with Crippen LogP contribution >= 0.6 is 0 Å². The Morgan fingerprint density at radius 3 is 2.75 bits per heavy atom. The third kappa shape index (κ3) is 3.04. The number of carboxylic acid groups (broad SMARTS) is 1. The van der Waals surface area contributed by atoms with Crippen LogP contribution < -0.4 is 4.74 Å². The first kappa shape index (κ1) is 19.4. The second kappa shape index (κ2) is 7.18. The molecular formula is C23H30O5. The van der Waals surface area contributed by atoms with E-state index < -0.39 is 12.1 Å². The van der Waals surface area contributed by atoms with Gasteiger partial charge in [-0.05, 0) is 85.0 Å². The maximum Gasteiger partial charge on any atom is 0.332 e. The number of rotatable bonds is 4. The van der Waals surface area contributed by atoms with Crippen molar-refractivity contribution in [2.24, 2.45) is 23.2 Å². The number of carboxylic acids is 1. The summed E-state index contributed by atoms with van der Waals surface area (Å²) in [5, 5.41) is 19.6. The monoisotopic (exact) mass is 386 g/mol. The smallest absolute Gasteiger partial charge is 0.332 e. The molecule has 0 aliphatic heterocycles. The fraction of sp³-hybridized carbons (Fsp3) is 0.652. The van der Waals surface area contributed by atoms with Crippen LogP contribution in [-0.4, -0.2) is 28.3 Å². The summed E-state index contributed by atoms with van der Waals surface area (Å²) < 4.78 is 5.39. The second-order valence-corrected chi connectivity index (χ2v) is 9.12. The van der Waals surface area contributed by atoms with Gasteiger partial charge in [-0.15, -0.1) is 0 Å². The molecule has 2 saturated carbocycles. The van der Waals surface area contributed by atoms with Gasteiger partial charge < -0.3 is 14.9 Å². The summed E-state index contributed by atoms with van der Waals surface area (Å²) in [6.07, 6.45) is 4.96. The molecule has 0 heterocycles. The molecule has 1 unspecified atom stereocenters. The highest BCUT2D eigenvalue weighted by atomic mass is 16.5. The van der Waals surface area contributed by atoms with Crippen molar-refractivity contribution in [2.45, 2.75) is 70.8 Å². The number of aliphatic carboxylic acids is 1. The summed E-state index contributed by atoms with van der Waals surface area (Å²) in [4.78, 5) is 23.0. The van der Waals surface area contributed by atoms with Crippen LogP contribution in [0.5, 0.6) is 5.75 Å². The van der Waals surface area contributed by atoms with Gasteiger partial charge >= 0.3 is 11.9 Å². The van der Waals surface area contributed by atoms with E-state index in [1.165, 1.54) is 11.1 Å². The zero-order chi connectivity index (χ0) is 20.1. The Bertz CT molecular complexity index is 787. The normalized spacial score (nSPS) is 34.7. The van der Waals surface area contributed by atoms with Gasteiger partial charge in [-0.3, -0.25) is 4.79 Å². The van der Waals surface area contributed by atoms with Crippen LogP contribution in [0.15, 0.2) is 18.2 Å². The molecule has 5 heteroatoms. The molecule has 0 radical (unpaired) electrons. The van der Waals surface area contributed by atoms with E-state index in [9.17, 15) is 19.8 Å². The highest BCUT2D eigenvalue weighted by Crippen LogP contribution is 2.63. The maximum absolute atomic E-state index is 11.6. The van der Waals surface area contributed by atoms with Crippen LogP contribution in [0, 0.1) is 23.2 Å². The summed E-state index contributed by atoms with van der Waals surface area (Å²) in [7, 11) is 0. The Morgan fingerprint density at radius 2 is 2.04 bits per heavy atom. The highest BCUT2D eigenvalue weighted by molar-refractivity contribution is 5.72. The van der Waals surface area contributed by atoms with Crippen molar-refractivity contribution in [2.75, 3.05) is 0 Å². The number of fused-ring (bicyclic) bond motifs is 5. The summed E-state index contributed by atoms with van der Waals surface area (Å²) in [6, 6.07) is 6.07. The number of carbonyl (C=O) groups excluding carboxylic acids is 1. The van der Waals surface area contributed by atoms with Gasteiger partial charge in [-0.2, -0.15) is 0 Å². The van der Waals surface area contributed by atoms with Crippen LogP contribution in [0.4, 0.5) is 0 Å². The van der Waals surface area contributed by atoms with Crippen LogP contribution in [-0.2, 0) is 16.0 Å². The molecule has 0 aromatic heterocycles. The lowest BCUT2D eigenvalue weighted by Gasteiger charge is -2.51. The van der Waals surface area contributed by atoms with Crippen molar-refractivity contribution >= 4 is 11.9 Å². The zero-order valence-electron chi connectivity index (χ0n) is 16.7. The highest BCUT2D eigenvalue weighted by Gasteiger charge is 2.57. The first-order valence-corrected chi connectivity index (χ1v) is 10.6. The van der Waals surface area contributed by atoms with Gasteiger partial charge in [-0.25, -0.2) is 4.79 Å². The number of carbonyl (C=O) groups is 2. The molecule has 2 N–H and O–H groups in total. The third-order valence-electron chi connectivity index (χ3n) is 7.93. The van der Waals surface area contributed by atoms with Crippen molar-refractivity contribution in [3.8, 4) is 5.75 Å². The first-order valence-electron chi connectivity index (χ1n) is 10.6. The first-order chi connectivity index (χ1) is 13.3. The van der Waals surface area contributed by atoms with Gasteiger partial charge in [0.05, 0.1) is 0 Å². The van der Waals surface area contributed by atoms with Crippen LogP contribution in [0.1, 0.15) is 69.4 Å². The van der Waals surface area contributed by atoms with E-state index in [2.05, 4.69) is 13.0 Å². The Labute approximate surface area is 166 Å². The molecule has 5 nitrogen and oxygen atoms in total. The number of hydrogen-bond donors (Lipinski definition) is 2. The van der Waals surface area contributed by atoms with E-state index in [0.29, 0.717) is 29.9 Å². The van der Waals surface area contributed by atoms with Gasteiger partial charge in [0.1, 0.15) is 5.75 Å². The fourth-order valence-electron chi connectivity index (χ4n) is 6.56. The number of aliphatic hydroxyl groups excluding tert-OH is 1. The molecule has 28 heavy (non-hydrogen) atoms. The standard InChI is InChI=1S/C23H30O5/c1-3-20(24)28-14-5-7-15-13(12-14)4-6-17-16(15)10-11-23(2)18(17)8-9-19(23)21(25)22(26)27/h5,7,12,16-19,21,25H,3-4,6,8-11H2,1-2H3,(H,26,27)/t16-,17-,18+,19-,21?,23+/m1/s1. The van der Waals surface area contributed by atoms with Crippen molar-refractivity contribution in [3.05, 3.63) is 29.3 Å². The number of ether oxygens (including phenoxy) is 1. The lowest BCUT2D eigenvalue weighted by Crippen LogP contribution is -2.46. The van der Waals surface area contributed by atoms with E-state index in [1.54, 1.807) is 6.92 Å². The van der Waals surface area contributed by atoms with Crippen LogP contribution in [0.25, 0.3) is 0 Å². The topological polar surface area (TPSA) is 83.8 Å². The molecule has 0 bridgehead atoms. The number of aryl methyl sites for hydroxylation is 1. The van der Waals surface area contributed by atoms with E-state index in [-0.39, 0.29) is 17.3 Å². The van der Waals surface area contributed by atoms with E-state index >= 15 is 0 Å². The van der Waals surface area contributed by atoms with Crippen molar-refractivity contribution in [1.82, 2.24) is 0 Å². The summed E-state index contributed by atoms with van der Waals surface area (Å²) in [5.74, 6) is 0.687. The average Bonchev–Trinajstić information content (AvgIpc) is 3.03. The predicted molar refractivity (Wildman–Crippen MR) is 104 cm³/mol. The average molecular weight is 386 g/mol. The van der Waals surface area contributed by atoms with Gasteiger partial charge in [0, 0.05) is 12.3 Å². The van der Waals surface area contributed by atoms with Gasteiger partial charge in [-0.1, -0.05) is 19.9 Å². The molecule has 3 aliphatic rings. The Morgan fingerprint density at radius 1 is 1.25 bits per heavy atom. The quantitative estimate of drug-likeness (QED) is 0.605. The molecule has 4 rings (SSSR count). The molecule has 3 aliphatic carbocycles. The fourth-order valence-corrected chi connectivity index (χ4v) is 6.56. The SMILES string of the molecule is CCC(=O)Oc1ccc2c(c1)CC[C@@H]1[C@@H]2CC[C@]2(C)[C@@H](C(O)C(=O)O)CC[C@@H]12. The van der Waals surface area contributed by atoms with E-state index in [4.69, 9.17) is 4.74 Å². The molecule has 1 aromatic rings. The van der Waals surface area contributed by atoms with Gasteiger partial charge in [0.2, 0.25) is 0 Å². The minimum Gasteiger partial charge on any atom is -0.479 e. The number of benzene rings is 1. The van der Waals surface area contributed by atoms with E-state index in [1.807, 2.05) is 12.1 Å². The second-order valence-electron chi connectivity index (χ2n) is 9.12. The zero-order valence-corrected chi connectivity index (χ0v) is 16.7. The van der Waals surface area contributed by atoms with Gasteiger partial charge in [0.15, 0.2) is 6.10 Å². The lowest BCUT2D eigenvalue weighted by atomic mass is 9.53. The number of hydrogen-bond acceptors (Lipinski definition) is 4. The number of esters is 1. The maximum atomic E-state index is 11.6. The van der Waals surface area contributed by atoms with Gasteiger partial charge in [0.25, 0.3) is 0 Å². The van der Waals surface area contributed by atoms with Crippen molar-refractivity contribution < 1.29 is 24.5 Å². The largest absolute Gasteiger partial charge is 0.479 e. The summed E-state index contributed by atoms with van der Waals surface area (Å²) >= 11 is 0. The summed E-state index contributed by atoms with van der Waals surface area (Å²) in [6.45, 7) is 4.00. The number of aliphatic hydroxyl groups is 1. The Hall–Kier alpha value is -1.88. The predicted octanol–water partition coefficient (Wildman–Crippen LogP) is 3.92. The van der Waals surface area contributed by atoms with E-state index in [0.717, 1.165) is 38.5 Å². The van der Waals surface area contributed by atoms with Crippen LogP contribution in [0.2, 0.25) is 0 Å². The minimum absolute atomic E-state index is 0.0902. The molecule has 0 saturated heterocycles. The summed E-state index contributed by atoms with van der Waals surface area (Å²) in [5.41, 5.74) is 2.57. The Kier molecular flexibility index (Phi) is 4.98. The molecule has 0 amide bonds. The van der Waals surface area contributed by atoms with Crippen molar-refractivity contribution in [3.63, 3.8) is 0 Å². The Balaban J connectivity index is 1.57. The molecule has 0 spiro atoms. The van der Waals surface area contributed by atoms with Crippen molar-refractivity contribution in [1.29, 1.82) is 0 Å². The lowest BCUT2D eigenvalue weighted by molar-refractivity contribution is -0.153. The molecule has 152 valence electrons.